The van der Waals surface area contributed by atoms with E-state index >= 15 is 0 Å². The minimum atomic E-state index is -2.93. The van der Waals surface area contributed by atoms with E-state index in [0.717, 1.165) is 0 Å². The van der Waals surface area contributed by atoms with Crippen LogP contribution in [0.3, 0.4) is 0 Å². The third-order valence-electron chi connectivity index (χ3n) is 3.44. The van der Waals surface area contributed by atoms with Crippen molar-refractivity contribution in [2.75, 3.05) is 18.6 Å². The van der Waals surface area contributed by atoms with Crippen molar-refractivity contribution in [3.8, 4) is 0 Å². The van der Waals surface area contributed by atoms with E-state index in [0.29, 0.717) is 12.8 Å². The first-order valence-corrected chi connectivity index (χ1v) is 6.66. The molecule has 1 atom stereocenters. The highest BCUT2D eigenvalue weighted by atomic mass is 32.2. The predicted octanol–water partition coefficient (Wildman–Crippen LogP) is -0.104. The van der Waals surface area contributed by atoms with Crippen molar-refractivity contribution >= 4 is 15.8 Å². The highest BCUT2D eigenvalue weighted by Gasteiger charge is 2.72. The van der Waals surface area contributed by atoms with Crippen molar-refractivity contribution in [2.24, 2.45) is 0 Å². The lowest BCUT2D eigenvalue weighted by molar-refractivity contribution is -0.146. The van der Waals surface area contributed by atoms with E-state index in [4.69, 9.17) is 4.74 Å². The molecule has 0 aromatic carbocycles. The van der Waals surface area contributed by atoms with E-state index in [9.17, 15) is 13.2 Å². The summed E-state index contributed by atoms with van der Waals surface area (Å²) < 4.78 is 32.6. The number of methoxy groups -OCH3 is 1. The van der Waals surface area contributed by atoms with E-state index < -0.39 is 27.0 Å². The molecule has 0 aromatic heterocycles. The second kappa shape index (κ2) is 2.95. The quantitative estimate of drug-likeness (QED) is 0.468. The van der Waals surface area contributed by atoms with Crippen molar-refractivity contribution in [1.82, 2.24) is 0 Å². The topological polar surface area (TPSA) is 73.0 Å². The summed E-state index contributed by atoms with van der Waals surface area (Å²) in [5, 5.41) is 0. The minimum absolute atomic E-state index is 0.0968. The van der Waals surface area contributed by atoms with Gasteiger partial charge >= 0.3 is 5.97 Å². The third kappa shape index (κ3) is 1.47. The second-order valence-electron chi connectivity index (χ2n) is 4.27. The Morgan fingerprint density at radius 2 is 1.87 bits per heavy atom. The van der Waals surface area contributed by atoms with Gasteiger partial charge in [0, 0.05) is 0 Å². The molecular formula is C9H14O5S. The zero-order chi connectivity index (χ0) is 11.3. The summed E-state index contributed by atoms with van der Waals surface area (Å²) in [5.74, 6) is -0.221. The minimum Gasteiger partial charge on any atom is -0.467 e. The molecule has 0 saturated carbocycles. The van der Waals surface area contributed by atoms with Gasteiger partial charge in [0.25, 0.3) is 0 Å². The molecular weight excluding hydrogens is 220 g/mol. The number of carbonyl (C=O) groups is 1. The van der Waals surface area contributed by atoms with Crippen LogP contribution in [0, 0.1) is 0 Å². The smallest absolute Gasteiger partial charge is 0.340 e. The third-order valence-corrected chi connectivity index (χ3v) is 5.09. The number of rotatable bonds is 1. The highest BCUT2D eigenvalue weighted by Crippen LogP contribution is 2.55. The summed E-state index contributed by atoms with van der Waals surface area (Å²) in [4.78, 5) is 11.4. The number of ether oxygens (including phenoxy) is 2. The molecule has 2 aliphatic heterocycles. The Morgan fingerprint density at radius 1 is 1.33 bits per heavy atom. The van der Waals surface area contributed by atoms with Gasteiger partial charge < -0.3 is 9.47 Å². The van der Waals surface area contributed by atoms with E-state index in [1.54, 1.807) is 6.92 Å². The molecule has 1 unspecified atom stereocenters. The fourth-order valence-corrected chi connectivity index (χ4v) is 3.72. The van der Waals surface area contributed by atoms with Crippen molar-refractivity contribution < 1.29 is 22.7 Å². The Labute approximate surface area is 88.7 Å². The summed E-state index contributed by atoms with van der Waals surface area (Å²) in [7, 11) is -1.62. The Morgan fingerprint density at radius 3 is 2.33 bits per heavy atom. The summed E-state index contributed by atoms with van der Waals surface area (Å²) >= 11 is 0. The number of hydrogen-bond donors (Lipinski definition) is 0. The van der Waals surface area contributed by atoms with Crippen LogP contribution < -0.4 is 0 Å². The van der Waals surface area contributed by atoms with Crippen molar-refractivity contribution in [1.29, 1.82) is 0 Å². The van der Waals surface area contributed by atoms with Crippen LogP contribution in [-0.2, 0) is 24.1 Å². The summed E-state index contributed by atoms with van der Waals surface area (Å²) in [6.45, 7) is 1.66. The van der Waals surface area contributed by atoms with Crippen LogP contribution in [0.15, 0.2) is 0 Å². The molecule has 0 amide bonds. The molecule has 0 bridgehead atoms. The molecule has 0 N–H and O–H groups in total. The molecule has 0 aromatic rings. The number of hydrogen-bond acceptors (Lipinski definition) is 5. The first-order valence-electron chi connectivity index (χ1n) is 4.84. The monoisotopic (exact) mass is 234 g/mol. The SMILES string of the molecule is COC(=O)C1(C)OC12CCS(=O)(=O)CC2. The van der Waals surface area contributed by atoms with Gasteiger partial charge in [-0.15, -0.1) is 0 Å². The van der Waals surface area contributed by atoms with Crippen LogP contribution in [0.5, 0.6) is 0 Å². The van der Waals surface area contributed by atoms with Gasteiger partial charge in [-0.05, 0) is 19.8 Å². The molecule has 2 saturated heterocycles. The molecule has 0 radical (unpaired) electrons. The largest absolute Gasteiger partial charge is 0.467 e. The second-order valence-corrected chi connectivity index (χ2v) is 6.58. The first-order chi connectivity index (χ1) is 6.85. The number of carbonyl (C=O) groups excluding carboxylic acids is 1. The zero-order valence-corrected chi connectivity index (χ0v) is 9.59. The standard InChI is InChI=1S/C9H14O5S/c1-8(7(10)13-2)9(14-8)3-5-15(11,12)6-4-9/h3-6H2,1-2H3. The number of epoxide rings is 1. The predicted molar refractivity (Wildman–Crippen MR) is 52.1 cm³/mol. The lowest BCUT2D eigenvalue weighted by Crippen LogP contribution is -2.38. The lowest BCUT2D eigenvalue weighted by atomic mass is 9.89. The van der Waals surface area contributed by atoms with E-state index in [2.05, 4.69) is 4.74 Å². The van der Waals surface area contributed by atoms with Crippen molar-refractivity contribution in [3.05, 3.63) is 0 Å². The normalized spacial score (nSPS) is 36.1. The van der Waals surface area contributed by atoms with Gasteiger partial charge in [-0.2, -0.15) is 0 Å². The Kier molecular flexibility index (Phi) is 2.14. The van der Waals surface area contributed by atoms with Crippen molar-refractivity contribution in [2.45, 2.75) is 31.0 Å². The first kappa shape index (κ1) is 10.9. The molecule has 2 fully saturated rings. The van der Waals surface area contributed by atoms with Crippen LogP contribution in [0.25, 0.3) is 0 Å². The Bertz CT molecular complexity index is 385. The van der Waals surface area contributed by atoms with E-state index in [1.807, 2.05) is 0 Å². The van der Waals surface area contributed by atoms with Gasteiger partial charge in [0.1, 0.15) is 5.60 Å². The molecule has 1 spiro atoms. The number of sulfone groups is 1. The fourth-order valence-electron chi connectivity index (χ4n) is 2.23. The van der Waals surface area contributed by atoms with Gasteiger partial charge in [-0.25, -0.2) is 13.2 Å². The number of esters is 1. The molecule has 2 aliphatic rings. The van der Waals surface area contributed by atoms with Crippen LogP contribution in [0.4, 0.5) is 0 Å². The van der Waals surface area contributed by atoms with Gasteiger partial charge in [-0.3, -0.25) is 0 Å². The molecule has 2 rings (SSSR count). The molecule has 2 heterocycles. The van der Waals surface area contributed by atoms with Crippen LogP contribution in [0.2, 0.25) is 0 Å². The zero-order valence-electron chi connectivity index (χ0n) is 8.78. The van der Waals surface area contributed by atoms with E-state index in [1.165, 1.54) is 7.11 Å². The molecule has 15 heavy (non-hydrogen) atoms. The van der Waals surface area contributed by atoms with Crippen LogP contribution >= 0.6 is 0 Å². The van der Waals surface area contributed by atoms with Gasteiger partial charge in [0.05, 0.1) is 18.6 Å². The van der Waals surface area contributed by atoms with Crippen LogP contribution in [-0.4, -0.2) is 44.2 Å². The summed E-state index contributed by atoms with van der Waals surface area (Å²) in [6.07, 6.45) is 0.780. The van der Waals surface area contributed by atoms with Gasteiger partial charge in [0.2, 0.25) is 0 Å². The molecule has 0 aliphatic carbocycles. The van der Waals surface area contributed by atoms with Crippen LogP contribution in [0.1, 0.15) is 19.8 Å². The maximum Gasteiger partial charge on any atom is 0.340 e. The maximum absolute atomic E-state index is 11.4. The maximum atomic E-state index is 11.4. The lowest BCUT2D eigenvalue weighted by Gasteiger charge is -2.20. The van der Waals surface area contributed by atoms with Gasteiger partial charge in [0.15, 0.2) is 15.4 Å². The fraction of sp³-hybridized carbons (Fsp3) is 0.889. The summed E-state index contributed by atoms with van der Waals surface area (Å²) in [6, 6.07) is 0. The Balaban J connectivity index is 2.12. The molecule has 6 heteroatoms. The van der Waals surface area contributed by atoms with Crippen molar-refractivity contribution in [3.63, 3.8) is 0 Å². The van der Waals surface area contributed by atoms with Gasteiger partial charge in [-0.1, -0.05) is 0 Å². The highest BCUT2D eigenvalue weighted by molar-refractivity contribution is 7.91. The molecule has 86 valence electrons. The van der Waals surface area contributed by atoms with E-state index in [-0.39, 0.29) is 11.5 Å². The molecule has 5 nitrogen and oxygen atoms in total. The average molecular weight is 234 g/mol. The Hall–Kier alpha value is -0.620. The average Bonchev–Trinajstić information content (AvgIpc) is 2.78. The summed E-state index contributed by atoms with van der Waals surface area (Å²) in [5.41, 5.74) is -1.52.